The molecule has 0 aliphatic carbocycles. The van der Waals surface area contributed by atoms with Gasteiger partial charge in [0.15, 0.2) is 0 Å². The Kier molecular flexibility index (Phi) is 4.94. The van der Waals surface area contributed by atoms with Crippen molar-refractivity contribution >= 4 is 22.8 Å². The maximum Gasteiger partial charge on any atom is 0.410 e. The number of ether oxygens (including phenoxy) is 1. The van der Waals surface area contributed by atoms with Crippen LogP contribution in [-0.2, 0) is 4.74 Å². The first-order chi connectivity index (χ1) is 10.2. The van der Waals surface area contributed by atoms with E-state index >= 15 is 0 Å². The summed E-state index contributed by atoms with van der Waals surface area (Å²) >= 11 is 1.44. The number of rotatable bonds is 2. The third-order valence-corrected chi connectivity index (χ3v) is 4.26. The average molecular weight is 326 g/mol. The lowest BCUT2D eigenvalue weighted by Crippen LogP contribution is -2.55. The van der Waals surface area contributed by atoms with E-state index in [1.165, 1.54) is 11.5 Å². The monoisotopic (exact) mass is 326 g/mol. The second kappa shape index (κ2) is 6.40. The first kappa shape index (κ1) is 17.0. The number of aromatic nitrogens is 2. The Hall–Kier alpha value is -1.37. The Morgan fingerprint density at radius 2 is 2.05 bits per heavy atom. The molecule has 0 N–H and O–H groups in total. The third-order valence-electron chi connectivity index (χ3n) is 3.47. The zero-order valence-corrected chi connectivity index (χ0v) is 15.1. The van der Waals surface area contributed by atoms with E-state index in [0.29, 0.717) is 12.5 Å². The molecule has 22 heavy (non-hydrogen) atoms. The highest BCUT2D eigenvalue weighted by molar-refractivity contribution is 7.09. The van der Waals surface area contributed by atoms with Crippen LogP contribution in [0.3, 0.4) is 0 Å². The van der Waals surface area contributed by atoms with Gasteiger partial charge in [-0.2, -0.15) is 4.37 Å². The molecule has 1 fully saturated rings. The molecule has 0 saturated carbocycles. The lowest BCUT2D eigenvalue weighted by atomic mass is 10.2. The largest absolute Gasteiger partial charge is 0.444 e. The molecular weight excluding hydrogens is 300 g/mol. The first-order valence-corrected chi connectivity index (χ1v) is 8.53. The van der Waals surface area contributed by atoms with Crippen LogP contribution in [0.25, 0.3) is 0 Å². The Morgan fingerprint density at radius 3 is 2.55 bits per heavy atom. The van der Waals surface area contributed by atoms with Crippen LogP contribution in [0.2, 0.25) is 0 Å². The van der Waals surface area contributed by atoms with E-state index in [-0.39, 0.29) is 12.1 Å². The van der Waals surface area contributed by atoms with Crippen molar-refractivity contribution in [1.29, 1.82) is 0 Å². The topological polar surface area (TPSA) is 58.6 Å². The average Bonchev–Trinajstić information content (AvgIpc) is 2.85. The number of carbonyl (C=O) groups is 1. The highest BCUT2D eigenvalue weighted by Crippen LogP contribution is 2.24. The first-order valence-electron chi connectivity index (χ1n) is 7.75. The van der Waals surface area contributed by atoms with Gasteiger partial charge in [0.05, 0.1) is 0 Å². The maximum atomic E-state index is 12.2. The van der Waals surface area contributed by atoms with Crippen molar-refractivity contribution in [3.05, 3.63) is 5.82 Å². The standard InChI is InChI=1S/C15H26N4O2S/c1-10(2)12-16-13(22-17-12)18-7-8-19(11(3)9-18)14(20)21-15(4,5)6/h10-11H,7-9H2,1-6H3/t11-/m1/s1. The van der Waals surface area contributed by atoms with E-state index in [2.05, 4.69) is 28.1 Å². The van der Waals surface area contributed by atoms with Gasteiger partial charge >= 0.3 is 6.09 Å². The molecule has 0 bridgehead atoms. The van der Waals surface area contributed by atoms with E-state index in [0.717, 1.165) is 24.0 Å². The van der Waals surface area contributed by atoms with Crippen molar-refractivity contribution < 1.29 is 9.53 Å². The number of hydrogen-bond acceptors (Lipinski definition) is 6. The van der Waals surface area contributed by atoms with Gasteiger partial charge in [-0.1, -0.05) is 13.8 Å². The number of anilines is 1. The van der Waals surface area contributed by atoms with E-state index in [1.54, 1.807) is 4.90 Å². The van der Waals surface area contributed by atoms with Gasteiger partial charge in [-0.15, -0.1) is 0 Å². The molecule has 1 aromatic rings. The Bertz CT molecular complexity index is 524. The molecule has 6 nitrogen and oxygen atoms in total. The summed E-state index contributed by atoms with van der Waals surface area (Å²) in [5, 5.41) is 0.944. The zero-order valence-electron chi connectivity index (χ0n) is 14.3. The highest BCUT2D eigenvalue weighted by atomic mass is 32.1. The van der Waals surface area contributed by atoms with Crippen molar-refractivity contribution in [2.45, 2.75) is 59.1 Å². The molecule has 1 atom stereocenters. The van der Waals surface area contributed by atoms with Gasteiger partial charge in [0.25, 0.3) is 0 Å². The molecule has 1 aliphatic heterocycles. The normalized spacial score (nSPS) is 19.7. The van der Waals surface area contributed by atoms with E-state index in [9.17, 15) is 4.79 Å². The van der Waals surface area contributed by atoms with Crippen LogP contribution in [0.1, 0.15) is 53.3 Å². The number of amides is 1. The molecule has 124 valence electrons. The highest BCUT2D eigenvalue weighted by Gasteiger charge is 2.31. The Labute approximate surface area is 136 Å². The van der Waals surface area contributed by atoms with Crippen LogP contribution in [0, 0.1) is 0 Å². The van der Waals surface area contributed by atoms with E-state index < -0.39 is 5.60 Å². The third kappa shape index (κ3) is 4.09. The Morgan fingerprint density at radius 1 is 1.36 bits per heavy atom. The molecule has 2 rings (SSSR count). The number of nitrogens with zero attached hydrogens (tertiary/aromatic N) is 4. The van der Waals surface area contributed by atoms with Gasteiger partial charge < -0.3 is 14.5 Å². The number of carbonyl (C=O) groups excluding carboxylic acids is 1. The van der Waals surface area contributed by atoms with Crippen LogP contribution >= 0.6 is 11.5 Å². The molecular formula is C15H26N4O2S. The quantitative estimate of drug-likeness (QED) is 0.836. The molecule has 0 aromatic carbocycles. The van der Waals surface area contributed by atoms with Crippen molar-refractivity contribution in [3.63, 3.8) is 0 Å². The predicted octanol–water partition coefficient (Wildman–Crippen LogP) is 3.11. The molecule has 7 heteroatoms. The number of piperazine rings is 1. The summed E-state index contributed by atoms with van der Waals surface area (Å²) in [7, 11) is 0. The summed E-state index contributed by atoms with van der Waals surface area (Å²) < 4.78 is 9.87. The Balaban J connectivity index is 1.98. The van der Waals surface area contributed by atoms with Crippen molar-refractivity contribution in [3.8, 4) is 0 Å². The molecule has 2 heterocycles. The molecule has 1 aromatic heterocycles. The minimum atomic E-state index is -0.459. The zero-order chi connectivity index (χ0) is 16.5. The van der Waals surface area contributed by atoms with Gasteiger partial charge in [0.1, 0.15) is 11.4 Å². The second-order valence-corrected chi connectivity index (χ2v) is 7.79. The molecule has 0 spiro atoms. The van der Waals surface area contributed by atoms with Crippen molar-refractivity contribution in [1.82, 2.24) is 14.3 Å². The van der Waals surface area contributed by atoms with Crippen LogP contribution in [-0.4, -0.2) is 51.6 Å². The second-order valence-electron chi connectivity index (χ2n) is 7.06. The minimum absolute atomic E-state index is 0.0926. The van der Waals surface area contributed by atoms with E-state index in [1.807, 2.05) is 27.7 Å². The fraction of sp³-hybridized carbons (Fsp3) is 0.800. The summed E-state index contributed by atoms with van der Waals surface area (Å²) in [6, 6.07) is 0.0926. The van der Waals surface area contributed by atoms with Gasteiger partial charge in [0, 0.05) is 43.1 Å². The van der Waals surface area contributed by atoms with Crippen molar-refractivity contribution in [2.24, 2.45) is 0 Å². The van der Waals surface area contributed by atoms with E-state index in [4.69, 9.17) is 4.74 Å². The summed E-state index contributed by atoms with van der Waals surface area (Å²) in [6.45, 7) is 14.1. The summed E-state index contributed by atoms with van der Waals surface area (Å²) in [4.78, 5) is 20.8. The van der Waals surface area contributed by atoms with Crippen LogP contribution in [0.5, 0.6) is 0 Å². The molecule has 1 saturated heterocycles. The SMILES string of the molecule is CC(C)c1nsc(N2CCN(C(=O)OC(C)(C)C)[C@H](C)C2)n1. The minimum Gasteiger partial charge on any atom is -0.444 e. The summed E-state index contributed by atoms with van der Waals surface area (Å²) in [6.07, 6.45) is -0.236. The predicted molar refractivity (Wildman–Crippen MR) is 88.6 cm³/mol. The van der Waals surface area contributed by atoms with Gasteiger partial charge in [-0.25, -0.2) is 9.78 Å². The molecule has 0 radical (unpaired) electrons. The van der Waals surface area contributed by atoms with Gasteiger partial charge in [-0.3, -0.25) is 0 Å². The molecule has 1 aliphatic rings. The fourth-order valence-corrected chi connectivity index (χ4v) is 3.15. The summed E-state index contributed by atoms with van der Waals surface area (Å²) in [5.41, 5.74) is -0.459. The maximum absolute atomic E-state index is 12.2. The fourth-order valence-electron chi connectivity index (χ4n) is 2.31. The van der Waals surface area contributed by atoms with Crippen LogP contribution < -0.4 is 4.90 Å². The number of hydrogen-bond donors (Lipinski definition) is 0. The lowest BCUT2D eigenvalue weighted by Gasteiger charge is -2.39. The van der Waals surface area contributed by atoms with Gasteiger partial charge in [-0.05, 0) is 27.7 Å². The van der Waals surface area contributed by atoms with Crippen LogP contribution in [0.15, 0.2) is 0 Å². The molecule has 1 amide bonds. The molecule has 0 unspecified atom stereocenters. The summed E-state index contributed by atoms with van der Waals surface area (Å²) in [5.74, 6) is 1.23. The van der Waals surface area contributed by atoms with Crippen molar-refractivity contribution in [2.75, 3.05) is 24.5 Å². The van der Waals surface area contributed by atoms with Crippen LogP contribution in [0.4, 0.5) is 9.93 Å². The smallest absolute Gasteiger partial charge is 0.410 e. The van der Waals surface area contributed by atoms with Gasteiger partial charge in [0.2, 0.25) is 5.13 Å². The lowest BCUT2D eigenvalue weighted by molar-refractivity contribution is 0.0159.